The number of allylic oxidation sites excluding steroid dienone is 4. The molecule has 0 saturated carbocycles. The van der Waals surface area contributed by atoms with Gasteiger partial charge in [0, 0.05) is 28.5 Å². The average Bonchev–Trinajstić information content (AvgIpc) is 2.13. The second-order valence-electron chi connectivity index (χ2n) is 3.42. The van der Waals surface area contributed by atoms with Crippen LogP contribution in [0.15, 0.2) is 33.7 Å². The van der Waals surface area contributed by atoms with E-state index in [1.165, 1.54) is 0 Å². The van der Waals surface area contributed by atoms with Crippen LogP contribution in [0.4, 0.5) is 0 Å². The first kappa shape index (κ1) is 12.9. The molecule has 0 saturated heterocycles. The summed E-state index contributed by atoms with van der Waals surface area (Å²) in [7, 11) is -3.41. The van der Waals surface area contributed by atoms with Gasteiger partial charge in [-0.05, 0) is 23.1 Å². The summed E-state index contributed by atoms with van der Waals surface area (Å²) in [5, 5.41) is 4.61. The average molecular weight is 259 g/mol. The highest BCUT2D eigenvalue weighted by molar-refractivity contribution is 8.17. The monoisotopic (exact) mass is 259 g/mol. The Morgan fingerprint density at radius 1 is 1.50 bits per heavy atom. The molecule has 0 aliphatic carbocycles. The van der Waals surface area contributed by atoms with Crippen LogP contribution in [0.3, 0.4) is 0 Å². The Labute approximate surface area is 97.4 Å². The molecule has 0 spiro atoms. The van der Waals surface area contributed by atoms with Crippen molar-refractivity contribution in [1.29, 1.82) is 0 Å². The van der Waals surface area contributed by atoms with Crippen LogP contribution in [-0.4, -0.2) is 32.6 Å². The largest absolute Gasteiger partial charge is 0.398 e. The number of hydrogen-bond donors (Lipinski definition) is 1. The van der Waals surface area contributed by atoms with Crippen LogP contribution >= 0.6 is 10.5 Å². The number of carbonyl (C=O) groups is 1. The summed E-state index contributed by atoms with van der Waals surface area (Å²) in [6.07, 6.45) is 5.19. The van der Waals surface area contributed by atoms with E-state index in [1.807, 2.05) is 11.7 Å². The van der Waals surface area contributed by atoms with Crippen LogP contribution in [0.5, 0.6) is 0 Å². The molecule has 0 amide bonds. The molecule has 1 rings (SSSR count). The SMILES string of the molecule is CS1=CC(N)=C(C(C=O)=CS(C)(=O)=O)C=C1. The van der Waals surface area contributed by atoms with E-state index in [0.717, 1.165) is 11.7 Å². The van der Waals surface area contributed by atoms with Crippen molar-refractivity contribution in [1.82, 2.24) is 0 Å². The van der Waals surface area contributed by atoms with Crippen molar-refractivity contribution >= 4 is 32.0 Å². The van der Waals surface area contributed by atoms with Gasteiger partial charge in [0.15, 0.2) is 16.1 Å². The Kier molecular flexibility index (Phi) is 3.88. The van der Waals surface area contributed by atoms with Gasteiger partial charge in [-0.1, -0.05) is 0 Å². The van der Waals surface area contributed by atoms with Crippen molar-refractivity contribution in [3.05, 3.63) is 33.7 Å². The predicted octanol–water partition coefficient (Wildman–Crippen LogP) is 0.555. The van der Waals surface area contributed by atoms with E-state index >= 15 is 0 Å². The molecule has 1 unspecified atom stereocenters. The van der Waals surface area contributed by atoms with Gasteiger partial charge in [0.05, 0.1) is 0 Å². The van der Waals surface area contributed by atoms with Gasteiger partial charge in [0.1, 0.15) is 0 Å². The van der Waals surface area contributed by atoms with Gasteiger partial charge in [-0.3, -0.25) is 4.79 Å². The van der Waals surface area contributed by atoms with Crippen LogP contribution in [0.1, 0.15) is 0 Å². The minimum atomic E-state index is -3.35. The lowest BCUT2D eigenvalue weighted by atomic mass is 10.1. The zero-order valence-corrected chi connectivity index (χ0v) is 10.6. The van der Waals surface area contributed by atoms with Gasteiger partial charge in [-0.15, -0.1) is 0 Å². The van der Waals surface area contributed by atoms with Crippen molar-refractivity contribution in [2.75, 3.05) is 12.5 Å². The molecule has 16 heavy (non-hydrogen) atoms. The Bertz CT molecular complexity index is 536. The first-order valence-electron chi connectivity index (χ1n) is 4.37. The number of carbonyl (C=O) groups excluding carboxylic acids is 1. The molecule has 0 radical (unpaired) electrons. The molecule has 0 aromatic carbocycles. The summed E-state index contributed by atoms with van der Waals surface area (Å²) in [6.45, 7) is 0. The molecular formula is C10H13NO3S2. The third-order valence-electron chi connectivity index (χ3n) is 1.85. The van der Waals surface area contributed by atoms with E-state index in [2.05, 4.69) is 0 Å². The molecule has 0 fully saturated rings. The van der Waals surface area contributed by atoms with Gasteiger partial charge in [0.25, 0.3) is 0 Å². The first-order valence-corrected chi connectivity index (χ1v) is 8.08. The summed E-state index contributed by atoms with van der Waals surface area (Å²) in [5.41, 5.74) is 6.74. The molecule has 1 aliphatic rings. The Morgan fingerprint density at radius 2 is 2.12 bits per heavy atom. The van der Waals surface area contributed by atoms with Crippen LogP contribution < -0.4 is 5.73 Å². The highest BCUT2D eigenvalue weighted by atomic mass is 32.2. The lowest BCUT2D eigenvalue weighted by molar-refractivity contribution is -0.104. The summed E-state index contributed by atoms with van der Waals surface area (Å²) in [4.78, 5) is 10.8. The molecule has 0 aromatic heterocycles. The predicted molar refractivity (Wildman–Crippen MR) is 68.9 cm³/mol. The van der Waals surface area contributed by atoms with Gasteiger partial charge in [-0.25, -0.2) is 8.42 Å². The summed E-state index contributed by atoms with van der Waals surface area (Å²) >= 11 is 0. The maximum Gasteiger partial charge on any atom is 0.169 e. The zero-order chi connectivity index (χ0) is 12.3. The number of sulfone groups is 1. The normalized spacial score (nSPS) is 21.9. The number of rotatable bonds is 3. The van der Waals surface area contributed by atoms with Crippen molar-refractivity contribution in [3.63, 3.8) is 0 Å². The lowest BCUT2D eigenvalue weighted by Crippen LogP contribution is -2.08. The topological polar surface area (TPSA) is 77.2 Å². The highest BCUT2D eigenvalue weighted by Gasteiger charge is 2.11. The van der Waals surface area contributed by atoms with E-state index in [-0.39, 0.29) is 16.1 Å². The summed E-state index contributed by atoms with van der Waals surface area (Å²) in [6, 6.07) is 0. The Hall–Kier alpha value is -1.14. The molecule has 88 valence electrons. The van der Waals surface area contributed by atoms with Gasteiger partial charge in [0.2, 0.25) is 0 Å². The van der Waals surface area contributed by atoms with Gasteiger partial charge >= 0.3 is 0 Å². The molecule has 1 heterocycles. The molecular weight excluding hydrogens is 246 g/mol. The second kappa shape index (κ2) is 4.80. The maximum absolute atomic E-state index is 11.1. The molecule has 4 nitrogen and oxygen atoms in total. The number of hydrogen-bond acceptors (Lipinski definition) is 4. The van der Waals surface area contributed by atoms with Gasteiger partial charge in [-0.2, -0.15) is 10.5 Å². The number of aldehydes is 1. The fourth-order valence-electron chi connectivity index (χ4n) is 1.22. The van der Waals surface area contributed by atoms with E-state index in [9.17, 15) is 13.2 Å². The van der Waals surface area contributed by atoms with E-state index in [1.54, 1.807) is 11.4 Å². The lowest BCUT2D eigenvalue weighted by Gasteiger charge is -2.10. The molecule has 1 aliphatic heterocycles. The smallest absolute Gasteiger partial charge is 0.169 e. The van der Waals surface area contributed by atoms with Crippen molar-refractivity contribution < 1.29 is 13.2 Å². The third-order valence-corrected chi connectivity index (χ3v) is 3.73. The molecule has 2 N–H and O–H groups in total. The van der Waals surface area contributed by atoms with Crippen molar-refractivity contribution in [2.24, 2.45) is 5.73 Å². The molecule has 0 bridgehead atoms. The molecule has 6 heteroatoms. The highest BCUT2D eigenvalue weighted by Crippen LogP contribution is 2.22. The van der Waals surface area contributed by atoms with E-state index < -0.39 is 9.84 Å². The van der Waals surface area contributed by atoms with Crippen LogP contribution in [0, 0.1) is 0 Å². The minimum Gasteiger partial charge on any atom is -0.398 e. The Balaban J connectivity index is 3.30. The van der Waals surface area contributed by atoms with Crippen molar-refractivity contribution in [2.45, 2.75) is 0 Å². The number of nitrogens with two attached hydrogens (primary N) is 1. The quantitative estimate of drug-likeness (QED) is 0.456. The first-order chi connectivity index (χ1) is 7.33. The van der Waals surface area contributed by atoms with Gasteiger partial charge < -0.3 is 5.73 Å². The van der Waals surface area contributed by atoms with Crippen LogP contribution in [-0.2, 0) is 14.6 Å². The zero-order valence-electron chi connectivity index (χ0n) is 9.01. The second-order valence-corrected chi connectivity index (χ2v) is 7.04. The van der Waals surface area contributed by atoms with E-state index in [4.69, 9.17) is 5.73 Å². The fourth-order valence-corrected chi connectivity index (χ4v) is 2.82. The van der Waals surface area contributed by atoms with Crippen LogP contribution in [0.25, 0.3) is 0 Å². The summed E-state index contributed by atoms with van der Waals surface area (Å²) < 4.78 is 22.2. The molecule has 0 aromatic rings. The van der Waals surface area contributed by atoms with Crippen molar-refractivity contribution in [3.8, 4) is 0 Å². The Morgan fingerprint density at radius 3 is 2.56 bits per heavy atom. The minimum absolute atomic E-state index is 0.0637. The maximum atomic E-state index is 11.1. The summed E-state index contributed by atoms with van der Waals surface area (Å²) in [5.74, 6) is 0. The van der Waals surface area contributed by atoms with E-state index in [0.29, 0.717) is 17.6 Å². The third kappa shape index (κ3) is 3.46. The molecule has 1 atom stereocenters. The fraction of sp³-hybridized carbons (Fsp3) is 0.200. The van der Waals surface area contributed by atoms with Crippen LogP contribution in [0.2, 0.25) is 0 Å². The standard InChI is InChI=1S/C10H13NO3S2/c1-15-4-3-9(10(11)6-15)8(5-12)7-16(2,13)14/h3-7H,11H2,1-2H3.